The highest BCUT2D eigenvalue weighted by Gasteiger charge is 2.21. The van der Waals surface area contributed by atoms with Gasteiger partial charge < -0.3 is 5.32 Å². The third kappa shape index (κ3) is 3.29. The summed E-state index contributed by atoms with van der Waals surface area (Å²) in [5.74, 6) is -0.166. The lowest BCUT2D eigenvalue weighted by atomic mass is 10.1. The molecule has 0 radical (unpaired) electrons. The number of imidazole rings is 1. The van der Waals surface area contributed by atoms with Crippen molar-refractivity contribution in [2.24, 2.45) is 0 Å². The average Bonchev–Trinajstić information content (AvgIpc) is 3.03. The van der Waals surface area contributed by atoms with Gasteiger partial charge in [-0.2, -0.15) is 0 Å². The lowest BCUT2D eigenvalue weighted by Gasteiger charge is -2.11. The van der Waals surface area contributed by atoms with Crippen LogP contribution in [0, 0.1) is 27.7 Å². The summed E-state index contributed by atoms with van der Waals surface area (Å²) in [4.78, 5) is 18.1. The Hall–Kier alpha value is -3.40. The second kappa shape index (κ2) is 6.97. The van der Waals surface area contributed by atoms with Crippen molar-refractivity contribution in [1.29, 1.82) is 0 Å². The number of pyridine rings is 1. The first kappa shape index (κ1) is 18.0. The maximum atomic E-state index is 13.3. The molecule has 0 aliphatic heterocycles. The smallest absolute Gasteiger partial charge is 0.274 e. The first-order chi connectivity index (χ1) is 13.4. The second-order valence-electron chi connectivity index (χ2n) is 7.38. The molecule has 0 bridgehead atoms. The van der Waals surface area contributed by atoms with Gasteiger partial charge in [0.15, 0.2) is 0 Å². The predicted octanol–water partition coefficient (Wildman–Crippen LogP) is 5.49. The number of carbonyl (C=O) groups excluding carboxylic acids is 1. The zero-order chi connectivity index (χ0) is 19.8. The molecule has 0 spiro atoms. The maximum absolute atomic E-state index is 13.3. The normalized spacial score (nSPS) is 11.0. The van der Waals surface area contributed by atoms with Gasteiger partial charge in [-0.15, -0.1) is 0 Å². The number of hydrogen-bond acceptors (Lipinski definition) is 2. The summed E-state index contributed by atoms with van der Waals surface area (Å²) in [6, 6.07) is 18.1. The fourth-order valence-electron chi connectivity index (χ4n) is 3.42. The van der Waals surface area contributed by atoms with E-state index in [1.165, 1.54) is 11.1 Å². The highest BCUT2D eigenvalue weighted by atomic mass is 16.2. The Morgan fingerprint density at radius 3 is 2.25 bits per heavy atom. The van der Waals surface area contributed by atoms with Crippen molar-refractivity contribution in [1.82, 2.24) is 9.38 Å². The van der Waals surface area contributed by atoms with Crippen LogP contribution in [-0.2, 0) is 0 Å². The first-order valence-electron chi connectivity index (χ1n) is 9.37. The van der Waals surface area contributed by atoms with Crippen molar-refractivity contribution < 1.29 is 4.79 Å². The molecule has 4 heteroatoms. The zero-order valence-corrected chi connectivity index (χ0v) is 16.6. The van der Waals surface area contributed by atoms with Crippen molar-refractivity contribution in [2.45, 2.75) is 27.7 Å². The number of amides is 1. The molecular formula is C24H23N3O. The molecule has 1 amide bonds. The minimum absolute atomic E-state index is 0.166. The number of fused-ring (bicyclic) bond motifs is 1. The van der Waals surface area contributed by atoms with Gasteiger partial charge in [-0.3, -0.25) is 9.20 Å². The van der Waals surface area contributed by atoms with Gasteiger partial charge in [-0.25, -0.2) is 4.98 Å². The molecule has 2 aromatic carbocycles. The van der Waals surface area contributed by atoms with Gasteiger partial charge in [0, 0.05) is 17.4 Å². The van der Waals surface area contributed by atoms with Crippen molar-refractivity contribution in [3.05, 3.63) is 88.7 Å². The van der Waals surface area contributed by atoms with Gasteiger partial charge in [0.1, 0.15) is 17.0 Å². The maximum Gasteiger partial charge on any atom is 0.274 e. The Labute approximate surface area is 164 Å². The van der Waals surface area contributed by atoms with E-state index >= 15 is 0 Å². The van der Waals surface area contributed by atoms with Crippen LogP contribution >= 0.6 is 0 Å². The quantitative estimate of drug-likeness (QED) is 0.519. The summed E-state index contributed by atoms with van der Waals surface area (Å²) in [6.45, 7) is 8.10. The van der Waals surface area contributed by atoms with Crippen LogP contribution in [0.5, 0.6) is 0 Å². The lowest BCUT2D eigenvalue weighted by Crippen LogP contribution is -2.16. The van der Waals surface area contributed by atoms with Crippen LogP contribution in [0.25, 0.3) is 16.9 Å². The highest BCUT2D eigenvalue weighted by molar-refractivity contribution is 6.08. The van der Waals surface area contributed by atoms with Crippen LogP contribution in [0.2, 0.25) is 0 Å². The standard InChI is InChI=1S/C24H23N3O/c1-15-5-9-19(10-6-15)22-23(27-14-17(3)8-12-21(27)26-22)24(28)25-20-11-7-16(2)13-18(20)4/h5-14H,1-4H3,(H,25,28). The number of carbonyl (C=O) groups is 1. The fourth-order valence-corrected chi connectivity index (χ4v) is 3.42. The largest absolute Gasteiger partial charge is 0.320 e. The van der Waals surface area contributed by atoms with Gasteiger partial charge in [-0.1, -0.05) is 53.6 Å². The van der Waals surface area contributed by atoms with Crippen LogP contribution < -0.4 is 5.32 Å². The van der Waals surface area contributed by atoms with Gasteiger partial charge in [-0.05, 0) is 51.0 Å². The van der Waals surface area contributed by atoms with Crippen molar-refractivity contribution in [3.8, 4) is 11.3 Å². The molecule has 4 nitrogen and oxygen atoms in total. The third-order valence-electron chi connectivity index (χ3n) is 4.94. The summed E-state index contributed by atoms with van der Waals surface area (Å²) in [5.41, 5.74) is 8.18. The van der Waals surface area contributed by atoms with Gasteiger partial charge in [0.2, 0.25) is 0 Å². The van der Waals surface area contributed by atoms with Gasteiger partial charge in [0.05, 0.1) is 0 Å². The lowest BCUT2D eigenvalue weighted by molar-refractivity contribution is 0.102. The molecule has 0 saturated carbocycles. The number of nitrogens with zero attached hydrogens (tertiary/aromatic N) is 2. The minimum atomic E-state index is -0.166. The second-order valence-corrected chi connectivity index (χ2v) is 7.38. The van der Waals surface area contributed by atoms with Crippen LogP contribution in [-0.4, -0.2) is 15.3 Å². The summed E-state index contributed by atoms with van der Waals surface area (Å²) in [6.07, 6.45) is 1.96. The SMILES string of the molecule is Cc1ccc(-c2nc3ccc(C)cn3c2C(=O)Nc2ccc(C)cc2C)cc1. The number of hydrogen-bond donors (Lipinski definition) is 1. The number of benzene rings is 2. The molecule has 0 fully saturated rings. The molecule has 0 aliphatic carbocycles. The molecule has 0 aliphatic rings. The zero-order valence-electron chi connectivity index (χ0n) is 16.6. The molecule has 1 N–H and O–H groups in total. The molecule has 140 valence electrons. The Bertz CT molecular complexity index is 1190. The molecule has 0 saturated heterocycles. The van der Waals surface area contributed by atoms with Crippen molar-refractivity contribution in [2.75, 3.05) is 5.32 Å². The van der Waals surface area contributed by atoms with Crippen LogP contribution in [0.15, 0.2) is 60.8 Å². The Balaban J connectivity index is 1.85. The van der Waals surface area contributed by atoms with E-state index in [0.717, 1.165) is 28.0 Å². The fraction of sp³-hybridized carbons (Fsp3) is 0.167. The molecule has 4 rings (SSSR count). The average molecular weight is 369 g/mol. The van der Waals surface area contributed by atoms with Crippen LogP contribution in [0.3, 0.4) is 0 Å². The molecule has 2 heterocycles. The number of anilines is 1. The van der Waals surface area contributed by atoms with E-state index in [-0.39, 0.29) is 5.91 Å². The molecular weight excluding hydrogens is 346 g/mol. The Morgan fingerprint density at radius 2 is 1.54 bits per heavy atom. The molecule has 28 heavy (non-hydrogen) atoms. The van der Waals surface area contributed by atoms with Crippen LogP contribution in [0.1, 0.15) is 32.7 Å². The van der Waals surface area contributed by atoms with E-state index in [9.17, 15) is 4.79 Å². The predicted molar refractivity (Wildman–Crippen MR) is 114 cm³/mol. The third-order valence-corrected chi connectivity index (χ3v) is 4.94. The van der Waals surface area contributed by atoms with Gasteiger partial charge >= 0.3 is 0 Å². The van der Waals surface area contributed by atoms with E-state index in [1.54, 1.807) is 0 Å². The Morgan fingerprint density at radius 1 is 0.857 bits per heavy atom. The van der Waals surface area contributed by atoms with E-state index in [0.29, 0.717) is 11.4 Å². The summed E-state index contributed by atoms with van der Waals surface area (Å²) in [5, 5.41) is 3.07. The van der Waals surface area contributed by atoms with Crippen LogP contribution in [0.4, 0.5) is 5.69 Å². The number of nitrogens with one attached hydrogen (secondary N) is 1. The van der Waals surface area contributed by atoms with E-state index in [1.807, 2.05) is 86.8 Å². The van der Waals surface area contributed by atoms with E-state index in [4.69, 9.17) is 4.98 Å². The molecule has 2 aromatic heterocycles. The summed E-state index contributed by atoms with van der Waals surface area (Å²) < 4.78 is 1.88. The monoisotopic (exact) mass is 369 g/mol. The molecule has 4 aromatic rings. The Kier molecular flexibility index (Phi) is 4.47. The molecule has 0 atom stereocenters. The van der Waals surface area contributed by atoms with Crippen molar-refractivity contribution in [3.63, 3.8) is 0 Å². The highest BCUT2D eigenvalue weighted by Crippen LogP contribution is 2.27. The number of aryl methyl sites for hydroxylation is 4. The van der Waals surface area contributed by atoms with E-state index in [2.05, 4.69) is 11.4 Å². The molecule has 0 unspecified atom stereocenters. The topological polar surface area (TPSA) is 46.4 Å². The summed E-state index contributed by atoms with van der Waals surface area (Å²) >= 11 is 0. The minimum Gasteiger partial charge on any atom is -0.320 e. The summed E-state index contributed by atoms with van der Waals surface area (Å²) in [7, 11) is 0. The van der Waals surface area contributed by atoms with Gasteiger partial charge in [0.25, 0.3) is 5.91 Å². The van der Waals surface area contributed by atoms with Crippen molar-refractivity contribution >= 4 is 17.2 Å². The first-order valence-corrected chi connectivity index (χ1v) is 9.37. The number of aromatic nitrogens is 2. The number of rotatable bonds is 3. The van der Waals surface area contributed by atoms with E-state index < -0.39 is 0 Å².